The van der Waals surface area contributed by atoms with E-state index < -0.39 is 0 Å². The van der Waals surface area contributed by atoms with Crippen LogP contribution in [0.2, 0.25) is 0 Å². The summed E-state index contributed by atoms with van der Waals surface area (Å²) in [6.45, 7) is 8.69. The van der Waals surface area contributed by atoms with Crippen molar-refractivity contribution < 1.29 is 4.74 Å². The van der Waals surface area contributed by atoms with Gasteiger partial charge in [0.2, 0.25) is 0 Å². The number of likely N-dealkylation sites (N-methyl/N-ethyl adjacent to an activating group) is 1. The van der Waals surface area contributed by atoms with Crippen LogP contribution in [0, 0.1) is 19.8 Å². The Morgan fingerprint density at radius 3 is 2.58 bits per heavy atom. The monoisotopic (exact) mass is 264 g/mol. The number of pyridine rings is 1. The lowest BCUT2D eigenvalue weighted by molar-refractivity contribution is 0.366. The first kappa shape index (κ1) is 16.0. The molecule has 0 radical (unpaired) electrons. The summed E-state index contributed by atoms with van der Waals surface area (Å²) in [5, 5.41) is 3.43. The molecular formula is C16H28N2O. The molecule has 0 saturated heterocycles. The second-order valence-corrected chi connectivity index (χ2v) is 5.41. The van der Waals surface area contributed by atoms with E-state index in [0.29, 0.717) is 12.0 Å². The van der Waals surface area contributed by atoms with E-state index in [1.54, 1.807) is 7.11 Å². The summed E-state index contributed by atoms with van der Waals surface area (Å²) >= 11 is 0. The summed E-state index contributed by atoms with van der Waals surface area (Å²) in [7, 11) is 3.77. The van der Waals surface area contributed by atoms with Gasteiger partial charge in [0.25, 0.3) is 0 Å². The zero-order valence-electron chi connectivity index (χ0n) is 13.2. The molecule has 0 saturated carbocycles. The summed E-state index contributed by atoms with van der Waals surface area (Å²) in [5.74, 6) is 1.63. The predicted octanol–water partition coefficient (Wildman–Crippen LogP) is 3.27. The SMILES string of the molecule is CCCC(C)C(Cc1ncc(C)c(OC)c1C)NC. The average Bonchev–Trinajstić information content (AvgIpc) is 2.39. The van der Waals surface area contributed by atoms with E-state index in [1.165, 1.54) is 18.4 Å². The van der Waals surface area contributed by atoms with Crippen LogP contribution in [0.4, 0.5) is 0 Å². The highest BCUT2D eigenvalue weighted by Crippen LogP contribution is 2.25. The Hall–Kier alpha value is -1.09. The topological polar surface area (TPSA) is 34.1 Å². The van der Waals surface area contributed by atoms with Crippen molar-refractivity contribution in [2.24, 2.45) is 5.92 Å². The third-order valence-corrected chi connectivity index (χ3v) is 3.96. The van der Waals surface area contributed by atoms with E-state index in [2.05, 4.69) is 31.1 Å². The minimum atomic E-state index is 0.471. The maximum absolute atomic E-state index is 5.48. The summed E-state index contributed by atoms with van der Waals surface area (Å²) in [6.07, 6.45) is 5.34. The zero-order chi connectivity index (χ0) is 14.4. The van der Waals surface area contributed by atoms with E-state index in [-0.39, 0.29) is 0 Å². The third-order valence-electron chi connectivity index (χ3n) is 3.96. The maximum atomic E-state index is 5.48. The molecule has 0 aliphatic heterocycles. The van der Waals surface area contributed by atoms with E-state index in [1.807, 2.05) is 20.2 Å². The molecule has 0 aliphatic carbocycles. The lowest BCUT2D eigenvalue weighted by atomic mass is 9.92. The maximum Gasteiger partial charge on any atom is 0.128 e. The van der Waals surface area contributed by atoms with Crippen LogP contribution in [0.1, 0.15) is 43.5 Å². The van der Waals surface area contributed by atoms with Gasteiger partial charge in [-0.15, -0.1) is 0 Å². The van der Waals surface area contributed by atoms with Crippen LogP contribution >= 0.6 is 0 Å². The van der Waals surface area contributed by atoms with Crippen molar-refractivity contribution in [2.45, 2.75) is 53.0 Å². The highest BCUT2D eigenvalue weighted by atomic mass is 16.5. The molecule has 108 valence electrons. The summed E-state index contributed by atoms with van der Waals surface area (Å²) in [6, 6.07) is 0.471. The molecule has 1 rings (SSSR count). The molecule has 1 aromatic rings. The summed E-state index contributed by atoms with van der Waals surface area (Å²) in [4.78, 5) is 4.60. The van der Waals surface area contributed by atoms with Gasteiger partial charge in [-0.1, -0.05) is 20.3 Å². The van der Waals surface area contributed by atoms with Gasteiger partial charge in [0.15, 0.2) is 0 Å². The Kier molecular flexibility index (Phi) is 6.29. The molecule has 0 aliphatic rings. The third kappa shape index (κ3) is 3.93. The van der Waals surface area contributed by atoms with Gasteiger partial charge in [0, 0.05) is 35.5 Å². The molecule has 1 aromatic heterocycles. The van der Waals surface area contributed by atoms with Crippen molar-refractivity contribution >= 4 is 0 Å². The molecular weight excluding hydrogens is 236 g/mol. The van der Waals surface area contributed by atoms with Crippen LogP contribution in [0.3, 0.4) is 0 Å². The van der Waals surface area contributed by atoms with E-state index >= 15 is 0 Å². The Morgan fingerprint density at radius 2 is 2.05 bits per heavy atom. The minimum absolute atomic E-state index is 0.471. The van der Waals surface area contributed by atoms with Gasteiger partial charge >= 0.3 is 0 Å². The number of nitrogens with zero attached hydrogens (tertiary/aromatic N) is 1. The molecule has 0 bridgehead atoms. The highest BCUT2D eigenvalue weighted by Gasteiger charge is 2.18. The Balaban J connectivity index is 2.91. The van der Waals surface area contributed by atoms with Crippen molar-refractivity contribution in [1.82, 2.24) is 10.3 Å². The number of hydrogen-bond donors (Lipinski definition) is 1. The van der Waals surface area contributed by atoms with Gasteiger partial charge in [-0.25, -0.2) is 0 Å². The molecule has 0 amide bonds. The largest absolute Gasteiger partial charge is 0.496 e. The molecule has 19 heavy (non-hydrogen) atoms. The van der Waals surface area contributed by atoms with Gasteiger partial charge in [-0.3, -0.25) is 4.98 Å². The van der Waals surface area contributed by atoms with Crippen molar-refractivity contribution in [3.05, 3.63) is 23.0 Å². The van der Waals surface area contributed by atoms with Crippen LogP contribution in [0.25, 0.3) is 0 Å². The highest BCUT2D eigenvalue weighted by molar-refractivity contribution is 5.41. The number of ether oxygens (including phenoxy) is 1. The number of aryl methyl sites for hydroxylation is 1. The van der Waals surface area contributed by atoms with Gasteiger partial charge < -0.3 is 10.1 Å². The van der Waals surface area contributed by atoms with E-state index in [9.17, 15) is 0 Å². The van der Waals surface area contributed by atoms with Crippen molar-refractivity contribution in [1.29, 1.82) is 0 Å². The molecule has 0 aromatic carbocycles. The Morgan fingerprint density at radius 1 is 1.37 bits per heavy atom. The van der Waals surface area contributed by atoms with Crippen molar-refractivity contribution in [3.8, 4) is 5.75 Å². The molecule has 3 nitrogen and oxygen atoms in total. The van der Waals surface area contributed by atoms with Gasteiger partial charge in [-0.2, -0.15) is 0 Å². The van der Waals surface area contributed by atoms with Gasteiger partial charge in [-0.05, 0) is 33.2 Å². The predicted molar refractivity (Wildman–Crippen MR) is 80.9 cm³/mol. The quantitative estimate of drug-likeness (QED) is 0.820. The van der Waals surface area contributed by atoms with Crippen LogP contribution < -0.4 is 10.1 Å². The molecule has 2 atom stereocenters. The van der Waals surface area contributed by atoms with Gasteiger partial charge in [0.05, 0.1) is 7.11 Å². The molecule has 1 heterocycles. The van der Waals surface area contributed by atoms with Crippen LogP contribution in [-0.2, 0) is 6.42 Å². The number of methoxy groups -OCH3 is 1. The molecule has 1 N–H and O–H groups in total. The van der Waals surface area contributed by atoms with Gasteiger partial charge in [0.1, 0.15) is 5.75 Å². The first-order chi connectivity index (χ1) is 9.04. The Bertz CT molecular complexity index is 404. The van der Waals surface area contributed by atoms with Crippen LogP contribution in [0.15, 0.2) is 6.20 Å². The number of nitrogens with one attached hydrogen (secondary N) is 1. The molecule has 2 unspecified atom stereocenters. The number of hydrogen-bond acceptors (Lipinski definition) is 3. The average molecular weight is 264 g/mol. The summed E-state index contributed by atoms with van der Waals surface area (Å²) < 4.78 is 5.48. The number of aromatic nitrogens is 1. The number of rotatable bonds is 7. The Labute approximate surface area is 117 Å². The fourth-order valence-corrected chi connectivity index (χ4v) is 2.73. The molecule has 0 fully saturated rings. The molecule has 3 heteroatoms. The lowest BCUT2D eigenvalue weighted by Crippen LogP contribution is -2.34. The molecule has 0 spiro atoms. The zero-order valence-corrected chi connectivity index (χ0v) is 13.2. The van der Waals surface area contributed by atoms with Crippen LogP contribution in [-0.4, -0.2) is 25.2 Å². The van der Waals surface area contributed by atoms with Crippen molar-refractivity contribution in [2.75, 3.05) is 14.2 Å². The standard InChI is InChI=1S/C16H28N2O/c1-7-8-11(2)14(17-5)9-15-13(4)16(19-6)12(3)10-18-15/h10-11,14,17H,7-9H2,1-6H3. The lowest BCUT2D eigenvalue weighted by Gasteiger charge is -2.24. The first-order valence-electron chi connectivity index (χ1n) is 7.21. The normalized spacial score (nSPS) is 14.2. The van der Waals surface area contributed by atoms with Crippen molar-refractivity contribution in [3.63, 3.8) is 0 Å². The minimum Gasteiger partial charge on any atom is -0.496 e. The second-order valence-electron chi connectivity index (χ2n) is 5.41. The summed E-state index contributed by atoms with van der Waals surface area (Å²) in [5.41, 5.74) is 3.42. The second kappa shape index (κ2) is 7.49. The fourth-order valence-electron chi connectivity index (χ4n) is 2.73. The first-order valence-corrected chi connectivity index (χ1v) is 7.21. The smallest absolute Gasteiger partial charge is 0.128 e. The fraction of sp³-hybridized carbons (Fsp3) is 0.688. The van der Waals surface area contributed by atoms with E-state index in [4.69, 9.17) is 4.74 Å². The van der Waals surface area contributed by atoms with E-state index in [0.717, 1.165) is 23.4 Å². The van der Waals surface area contributed by atoms with Crippen LogP contribution in [0.5, 0.6) is 5.75 Å².